The van der Waals surface area contributed by atoms with E-state index >= 15 is 0 Å². The molecule has 0 aromatic heterocycles. The molecule has 1 amide bonds. The summed E-state index contributed by atoms with van der Waals surface area (Å²) in [5.41, 5.74) is -0.272. The number of nitrogens with zero attached hydrogens (tertiary/aromatic N) is 1. The van der Waals surface area contributed by atoms with Gasteiger partial charge in [-0.25, -0.2) is 9.59 Å². The van der Waals surface area contributed by atoms with E-state index in [0.717, 1.165) is 0 Å². The second kappa shape index (κ2) is 3.49. The number of carboxylic acids is 1. The Morgan fingerprint density at radius 1 is 1.47 bits per heavy atom. The van der Waals surface area contributed by atoms with Gasteiger partial charge < -0.3 is 19.5 Å². The topological polar surface area (TPSA) is 93.1 Å². The number of cyclic esters (lactones) is 2. The van der Waals surface area contributed by atoms with Gasteiger partial charge >= 0.3 is 12.1 Å². The van der Waals surface area contributed by atoms with E-state index in [1.165, 1.54) is 4.90 Å². The van der Waals surface area contributed by atoms with Crippen LogP contribution in [-0.2, 0) is 19.1 Å². The molecule has 3 heterocycles. The Labute approximate surface area is 108 Å². The van der Waals surface area contributed by atoms with Crippen LogP contribution in [0.2, 0.25) is 0 Å². The highest BCUT2D eigenvalue weighted by atomic mass is 16.8. The summed E-state index contributed by atoms with van der Waals surface area (Å²) in [5, 5.41) is 9.12. The Bertz CT molecular complexity index is 538. The number of amides is 1. The predicted molar refractivity (Wildman–Crippen MR) is 59.9 cm³/mol. The quantitative estimate of drug-likeness (QED) is 0.578. The van der Waals surface area contributed by atoms with Crippen LogP contribution in [0.25, 0.3) is 0 Å². The van der Waals surface area contributed by atoms with E-state index in [1.54, 1.807) is 13.8 Å². The smallest absolute Gasteiger partial charge is 0.477 e. The lowest BCUT2D eigenvalue weighted by atomic mass is 9.75. The molecule has 3 aliphatic heterocycles. The van der Waals surface area contributed by atoms with Crippen LogP contribution in [0.1, 0.15) is 20.3 Å². The number of β-lactam (4-membered cyclic amide) rings is 1. The van der Waals surface area contributed by atoms with E-state index in [-0.39, 0.29) is 24.3 Å². The van der Waals surface area contributed by atoms with Crippen molar-refractivity contribution in [3.8, 4) is 0 Å². The molecule has 7 heteroatoms. The first-order valence-corrected chi connectivity index (χ1v) is 5.97. The monoisotopic (exact) mass is 267 g/mol. The standard InChI is InChI=1S/C12H13NO6/c1-5-3-6-7(12(2)4-18-11(17)19-12)9(14)13(6)8(5)10(15)16/h6-7H,3-4H2,1-2H3,(H,15,16). The highest BCUT2D eigenvalue weighted by molar-refractivity contribution is 6.00. The first-order valence-electron chi connectivity index (χ1n) is 5.97. The number of rotatable bonds is 2. The van der Waals surface area contributed by atoms with Crippen molar-refractivity contribution < 1.29 is 29.0 Å². The zero-order valence-corrected chi connectivity index (χ0v) is 10.5. The van der Waals surface area contributed by atoms with Gasteiger partial charge in [-0.1, -0.05) is 0 Å². The zero-order chi connectivity index (χ0) is 13.9. The normalized spacial score (nSPS) is 36.8. The zero-order valence-electron chi connectivity index (χ0n) is 10.5. The fraction of sp³-hybridized carbons (Fsp3) is 0.583. The molecular formula is C12H13NO6. The van der Waals surface area contributed by atoms with E-state index in [9.17, 15) is 14.4 Å². The summed E-state index contributed by atoms with van der Waals surface area (Å²) in [7, 11) is 0. The average molecular weight is 267 g/mol. The van der Waals surface area contributed by atoms with Gasteiger partial charge in [0.25, 0.3) is 0 Å². The van der Waals surface area contributed by atoms with Gasteiger partial charge in [0.2, 0.25) is 5.91 Å². The van der Waals surface area contributed by atoms with Crippen LogP contribution >= 0.6 is 0 Å². The summed E-state index contributed by atoms with van der Waals surface area (Å²) in [6.07, 6.45) is -0.291. The Kier molecular flexibility index (Phi) is 2.21. The molecule has 0 aromatic rings. The fourth-order valence-electron chi connectivity index (χ4n) is 3.20. The molecule has 0 saturated carbocycles. The third-order valence-electron chi connectivity index (χ3n) is 4.03. The maximum atomic E-state index is 12.2. The molecule has 102 valence electrons. The molecule has 19 heavy (non-hydrogen) atoms. The average Bonchev–Trinajstić information content (AvgIpc) is 2.78. The SMILES string of the molecule is CC1=C(C(=O)O)N2C(=O)C(C3(C)COC(=O)O3)C2C1. The maximum absolute atomic E-state index is 12.2. The fourth-order valence-corrected chi connectivity index (χ4v) is 3.20. The second-order valence-corrected chi connectivity index (χ2v) is 5.34. The van der Waals surface area contributed by atoms with Gasteiger partial charge in [0, 0.05) is 0 Å². The minimum atomic E-state index is -1.10. The van der Waals surface area contributed by atoms with E-state index in [2.05, 4.69) is 0 Å². The largest absolute Gasteiger partial charge is 0.509 e. The molecule has 3 rings (SSSR count). The molecule has 0 aliphatic carbocycles. The lowest BCUT2D eigenvalue weighted by Crippen LogP contribution is -2.66. The lowest BCUT2D eigenvalue weighted by molar-refractivity contribution is -0.168. The molecule has 0 spiro atoms. The highest BCUT2D eigenvalue weighted by Crippen LogP contribution is 2.48. The maximum Gasteiger partial charge on any atom is 0.509 e. The number of carbonyl (C=O) groups excluding carboxylic acids is 2. The van der Waals surface area contributed by atoms with E-state index in [1.807, 2.05) is 0 Å². The van der Waals surface area contributed by atoms with Crippen molar-refractivity contribution in [1.82, 2.24) is 4.90 Å². The molecule has 3 aliphatic rings. The van der Waals surface area contributed by atoms with Crippen molar-refractivity contribution in [2.24, 2.45) is 5.92 Å². The number of carboxylic acid groups (broad SMARTS) is 1. The molecular weight excluding hydrogens is 254 g/mol. The molecule has 3 atom stereocenters. The molecule has 7 nitrogen and oxygen atoms in total. The van der Waals surface area contributed by atoms with Crippen LogP contribution in [0.15, 0.2) is 11.3 Å². The minimum Gasteiger partial charge on any atom is -0.477 e. The third kappa shape index (κ3) is 1.41. The molecule has 2 saturated heterocycles. The lowest BCUT2D eigenvalue weighted by Gasteiger charge is -2.48. The van der Waals surface area contributed by atoms with E-state index in [0.29, 0.717) is 12.0 Å². The third-order valence-corrected chi connectivity index (χ3v) is 4.03. The van der Waals surface area contributed by atoms with Gasteiger partial charge in [0.15, 0.2) is 5.60 Å². The molecule has 1 N–H and O–H groups in total. The summed E-state index contributed by atoms with van der Waals surface area (Å²) in [4.78, 5) is 35.7. The van der Waals surface area contributed by atoms with Crippen LogP contribution in [0.3, 0.4) is 0 Å². The summed E-state index contributed by atoms with van der Waals surface area (Å²) >= 11 is 0. The van der Waals surface area contributed by atoms with Gasteiger partial charge in [-0.15, -0.1) is 0 Å². The summed E-state index contributed by atoms with van der Waals surface area (Å²) < 4.78 is 9.85. The van der Waals surface area contributed by atoms with Crippen molar-refractivity contribution in [3.05, 3.63) is 11.3 Å². The Hall–Kier alpha value is -2.05. The second-order valence-electron chi connectivity index (χ2n) is 5.34. The van der Waals surface area contributed by atoms with Crippen LogP contribution in [0.5, 0.6) is 0 Å². The van der Waals surface area contributed by atoms with E-state index < -0.39 is 23.6 Å². The van der Waals surface area contributed by atoms with Gasteiger partial charge in [-0.05, 0) is 25.8 Å². The van der Waals surface area contributed by atoms with Gasteiger partial charge in [0.05, 0.1) is 6.04 Å². The highest BCUT2D eigenvalue weighted by Gasteiger charge is 2.64. The molecule has 0 radical (unpaired) electrons. The molecule has 0 bridgehead atoms. The summed E-state index contributed by atoms with van der Waals surface area (Å²) in [5.74, 6) is -1.96. The Morgan fingerprint density at radius 3 is 2.68 bits per heavy atom. The first-order chi connectivity index (χ1) is 8.85. The van der Waals surface area contributed by atoms with Crippen molar-refractivity contribution in [1.29, 1.82) is 0 Å². The van der Waals surface area contributed by atoms with Gasteiger partial charge in [-0.3, -0.25) is 4.79 Å². The summed E-state index contributed by atoms with van der Waals surface area (Å²) in [6.45, 7) is 3.37. The molecule has 2 fully saturated rings. The van der Waals surface area contributed by atoms with Crippen molar-refractivity contribution >= 4 is 18.0 Å². The number of hydrogen-bond acceptors (Lipinski definition) is 5. The summed E-state index contributed by atoms with van der Waals surface area (Å²) in [6, 6.07) is -0.252. The van der Waals surface area contributed by atoms with Crippen LogP contribution < -0.4 is 0 Å². The van der Waals surface area contributed by atoms with Crippen molar-refractivity contribution in [2.45, 2.75) is 31.9 Å². The molecule has 0 aromatic carbocycles. The number of fused-ring (bicyclic) bond motifs is 1. The number of ether oxygens (including phenoxy) is 2. The number of carbonyl (C=O) groups is 3. The Balaban J connectivity index is 1.87. The minimum absolute atomic E-state index is 0.0219. The van der Waals surface area contributed by atoms with E-state index in [4.69, 9.17) is 14.6 Å². The predicted octanol–water partition coefficient (Wildman–Crippen LogP) is 0.501. The van der Waals surface area contributed by atoms with Crippen molar-refractivity contribution in [3.63, 3.8) is 0 Å². The number of hydrogen-bond donors (Lipinski definition) is 1. The van der Waals surface area contributed by atoms with Crippen LogP contribution in [0.4, 0.5) is 4.79 Å². The van der Waals surface area contributed by atoms with Gasteiger partial charge in [0.1, 0.15) is 18.2 Å². The van der Waals surface area contributed by atoms with Crippen molar-refractivity contribution in [2.75, 3.05) is 6.61 Å². The first kappa shape index (κ1) is 12.0. The van der Waals surface area contributed by atoms with Crippen LogP contribution in [0, 0.1) is 5.92 Å². The molecule has 3 unspecified atom stereocenters. The van der Waals surface area contributed by atoms with Gasteiger partial charge in [-0.2, -0.15) is 0 Å². The Morgan fingerprint density at radius 2 is 2.16 bits per heavy atom. The van der Waals surface area contributed by atoms with Crippen LogP contribution in [-0.4, -0.2) is 46.3 Å². The number of aliphatic carboxylic acids is 1.